The number of ether oxygens (including phenoxy) is 2. The molecule has 0 heterocycles. The van der Waals surface area contributed by atoms with Crippen LogP contribution in [0.5, 0.6) is 11.5 Å². The lowest BCUT2D eigenvalue weighted by Crippen LogP contribution is -1.98. The minimum atomic E-state index is 0.144. The molecule has 3 heteroatoms. The molecule has 0 aliphatic rings. The minimum Gasteiger partial charge on any atom is -0.497 e. The molecule has 0 fully saturated rings. The lowest BCUT2D eigenvalue weighted by Gasteiger charge is -2.17. The maximum Gasteiger partial charge on any atom is 0.118 e. The fourth-order valence-electron chi connectivity index (χ4n) is 3.29. The molecular weight excluding hydrogens is 324 g/mol. The number of benzene rings is 3. The highest BCUT2D eigenvalue weighted by atomic mass is 16.5. The lowest BCUT2D eigenvalue weighted by atomic mass is 9.87. The number of aliphatic hydroxyl groups is 1. The summed E-state index contributed by atoms with van der Waals surface area (Å²) in [5.41, 5.74) is 6.97. The fourth-order valence-corrected chi connectivity index (χ4v) is 3.29. The Morgan fingerprint density at radius 1 is 0.731 bits per heavy atom. The van der Waals surface area contributed by atoms with Crippen LogP contribution in [0.2, 0.25) is 0 Å². The van der Waals surface area contributed by atoms with Gasteiger partial charge >= 0.3 is 0 Å². The van der Waals surface area contributed by atoms with Crippen LogP contribution in [0.4, 0.5) is 0 Å². The number of hydrogen-bond donors (Lipinski definition) is 1. The Morgan fingerprint density at radius 2 is 1.27 bits per heavy atom. The van der Waals surface area contributed by atoms with Gasteiger partial charge in [0.1, 0.15) is 11.5 Å². The van der Waals surface area contributed by atoms with Crippen molar-refractivity contribution in [2.24, 2.45) is 0 Å². The summed E-state index contributed by atoms with van der Waals surface area (Å²) in [6.45, 7) is 2.27. The molecule has 0 spiro atoms. The monoisotopic (exact) mass is 348 g/mol. The molecule has 3 rings (SSSR count). The van der Waals surface area contributed by atoms with Crippen molar-refractivity contribution in [3.63, 3.8) is 0 Å². The molecule has 0 unspecified atom stereocenters. The predicted octanol–water partition coefficient (Wildman–Crippen LogP) is 4.88. The summed E-state index contributed by atoms with van der Waals surface area (Å²) in [7, 11) is 3.34. The van der Waals surface area contributed by atoms with E-state index in [1.165, 1.54) is 11.1 Å². The van der Waals surface area contributed by atoms with Gasteiger partial charge in [-0.15, -0.1) is 0 Å². The Morgan fingerprint density at radius 3 is 1.77 bits per heavy atom. The maximum absolute atomic E-state index is 9.39. The van der Waals surface area contributed by atoms with Crippen LogP contribution < -0.4 is 9.47 Å². The van der Waals surface area contributed by atoms with Gasteiger partial charge in [-0.3, -0.25) is 0 Å². The highest BCUT2D eigenvalue weighted by molar-refractivity contribution is 5.86. The molecule has 0 bridgehead atoms. The van der Waals surface area contributed by atoms with Gasteiger partial charge in [0.2, 0.25) is 0 Å². The van der Waals surface area contributed by atoms with E-state index in [0.717, 1.165) is 33.8 Å². The third-order valence-electron chi connectivity index (χ3n) is 4.74. The van der Waals surface area contributed by atoms with E-state index in [0.29, 0.717) is 6.42 Å². The number of rotatable bonds is 6. The average Bonchev–Trinajstić information content (AvgIpc) is 2.70. The summed E-state index contributed by atoms with van der Waals surface area (Å²) in [6, 6.07) is 20.5. The van der Waals surface area contributed by atoms with Crippen molar-refractivity contribution < 1.29 is 14.6 Å². The van der Waals surface area contributed by atoms with E-state index in [2.05, 4.69) is 43.3 Å². The van der Waals surface area contributed by atoms with Crippen LogP contribution in [0.3, 0.4) is 0 Å². The van der Waals surface area contributed by atoms with Gasteiger partial charge < -0.3 is 14.6 Å². The van der Waals surface area contributed by atoms with Crippen molar-refractivity contribution in [1.29, 1.82) is 0 Å². The quantitative estimate of drug-likeness (QED) is 0.690. The van der Waals surface area contributed by atoms with Gasteiger partial charge in [-0.1, -0.05) is 36.4 Å². The molecule has 1 N–H and O–H groups in total. The van der Waals surface area contributed by atoms with Gasteiger partial charge in [0.15, 0.2) is 0 Å². The Bertz CT molecular complexity index is 865. The van der Waals surface area contributed by atoms with Crippen LogP contribution in [0.15, 0.2) is 60.7 Å². The highest BCUT2D eigenvalue weighted by Gasteiger charge is 2.14. The van der Waals surface area contributed by atoms with E-state index in [4.69, 9.17) is 9.47 Å². The smallest absolute Gasteiger partial charge is 0.118 e. The van der Waals surface area contributed by atoms with Crippen molar-refractivity contribution >= 4 is 0 Å². The van der Waals surface area contributed by atoms with Crippen LogP contribution in [-0.4, -0.2) is 25.9 Å². The topological polar surface area (TPSA) is 38.7 Å². The molecule has 0 atom stereocenters. The summed E-state index contributed by atoms with van der Waals surface area (Å²) in [6.07, 6.45) is 0.651. The fraction of sp³-hybridized carbons (Fsp3) is 0.217. The highest BCUT2D eigenvalue weighted by Crippen LogP contribution is 2.37. The van der Waals surface area contributed by atoms with Crippen molar-refractivity contribution in [3.05, 3.63) is 71.8 Å². The van der Waals surface area contributed by atoms with Crippen LogP contribution in [0.1, 0.15) is 11.1 Å². The Kier molecular flexibility index (Phi) is 5.59. The molecule has 3 aromatic rings. The van der Waals surface area contributed by atoms with Gasteiger partial charge in [-0.25, -0.2) is 0 Å². The van der Waals surface area contributed by atoms with E-state index < -0.39 is 0 Å². The summed E-state index contributed by atoms with van der Waals surface area (Å²) in [4.78, 5) is 0. The van der Waals surface area contributed by atoms with Gasteiger partial charge in [0.25, 0.3) is 0 Å². The summed E-state index contributed by atoms with van der Waals surface area (Å²) in [5.74, 6) is 1.68. The van der Waals surface area contributed by atoms with Crippen molar-refractivity contribution in [2.75, 3.05) is 20.8 Å². The van der Waals surface area contributed by atoms with Gasteiger partial charge in [0.05, 0.1) is 14.2 Å². The molecule has 134 valence electrons. The molecule has 3 aromatic carbocycles. The minimum absolute atomic E-state index is 0.144. The van der Waals surface area contributed by atoms with Crippen LogP contribution >= 0.6 is 0 Å². The van der Waals surface area contributed by atoms with E-state index in [9.17, 15) is 5.11 Å². The summed E-state index contributed by atoms with van der Waals surface area (Å²) in [5, 5.41) is 9.39. The third kappa shape index (κ3) is 3.58. The molecule has 3 nitrogen and oxygen atoms in total. The second-order valence-corrected chi connectivity index (χ2v) is 6.20. The first-order valence-electron chi connectivity index (χ1n) is 8.70. The molecule has 26 heavy (non-hydrogen) atoms. The Balaban J connectivity index is 2.17. The first-order valence-corrected chi connectivity index (χ1v) is 8.70. The molecule has 0 amide bonds. The average molecular weight is 348 g/mol. The maximum atomic E-state index is 9.39. The first-order chi connectivity index (χ1) is 12.7. The van der Waals surface area contributed by atoms with E-state index in [1.807, 2.05) is 24.3 Å². The molecule has 0 aliphatic carbocycles. The number of aliphatic hydroxyl groups excluding tert-OH is 1. The van der Waals surface area contributed by atoms with Crippen molar-refractivity contribution in [3.8, 4) is 33.8 Å². The SMILES string of the molecule is COc1ccc(-c2ccc(CCO)c(C)c2-c2ccc(OC)cc2)cc1. The van der Waals surface area contributed by atoms with E-state index in [1.54, 1.807) is 14.2 Å². The number of hydrogen-bond acceptors (Lipinski definition) is 3. The standard InChI is InChI=1S/C23H24O3/c1-16-17(14-15-24)8-13-22(18-4-9-20(25-2)10-5-18)23(16)19-6-11-21(26-3)12-7-19/h4-13,24H,14-15H2,1-3H3. The molecule has 0 saturated heterocycles. The Labute approximate surface area is 154 Å². The molecule has 0 saturated carbocycles. The molecule has 0 aliphatic heterocycles. The Hall–Kier alpha value is -2.78. The van der Waals surface area contributed by atoms with Gasteiger partial charge in [-0.2, -0.15) is 0 Å². The largest absolute Gasteiger partial charge is 0.497 e. The van der Waals surface area contributed by atoms with Crippen LogP contribution in [0, 0.1) is 6.92 Å². The van der Waals surface area contributed by atoms with Crippen molar-refractivity contribution in [2.45, 2.75) is 13.3 Å². The zero-order valence-corrected chi connectivity index (χ0v) is 15.5. The van der Waals surface area contributed by atoms with Gasteiger partial charge in [0, 0.05) is 6.61 Å². The zero-order chi connectivity index (χ0) is 18.5. The molecule has 0 aromatic heterocycles. The predicted molar refractivity (Wildman–Crippen MR) is 106 cm³/mol. The van der Waals surface area contributed by atoms with Crippen LogP contribution in [0.25, 0.3) is 22.3 Å². The lowest BCUT2D eigenvalue weighted by molar-refractivity contribution is 0.299. The molecule has 0 radical (unpaired) electrons. The second kappa shape index (κ2) is 8.07. The van der Waals surface area contributed by atoms with Crippen molar-refractivity contribution in [1.82, 2.24) is 0 Å². The zero-order valence-electron chi connectivity index (χ0n) is 15.5. The first kappa shape index (κ1) is 18.0. The van der Waals surface area contributed by atoms with Crippen LogP contribution in [-0.2, 0) is 6.42 Å². The van der Waals surface area contributed by atoms with Gasteiger partial charge in [-0.05, 0) is 71.0 Å². The summed E-state index contributed by atoms with van der Waals surface area (Å²) < 4.78 is 10.6. The van der Waals surface area contributed by atoms with E-state index >= 15 is 0 Å². The third-order valence-corrected chi connectivity index (χ3v) is 4.74. The van der Waals surface area contributed by atoms with E-state index in [-0.39, 0.29) is 6.61 Å². The number of methoxy groups -OCH3 is 2. The normalized spacial score (nSPS) is 10.6. The summed E-state index contributed by atoms with van der Waals surface area (Å²) >= 11 is 0. The molecular formula is C23H24O3. The second-order valence-electron chi connectivity index (χ2n) is 6.20.